The summed E-state index contributed by atoms with van der Waals surface area (Å²) >= 11 is 0. The van der Waals surface area contributed by atoms with Gasteiger partial charge in [0, 0.05) is 18.7 Å². The summed E-state index contributed by atoms with van der Waals surface area (Å²) in [4.78, 5) is 11.6. The van der Waals surface area contributed by atoms with E-state index in [1.54, 1.807) is 6.92 Å². The van der Waals surface area contributed by atoms with Gasteiger partial charge in [-0.2, -0.15) is 0 Å². The van der Waals surface area contributed by atoms with Crippen molar-refractivity contribution in [2.45, 2.75) is 6.92 Å². The SMILES string of the molecule is CNCCNC(=O)c1ccc(F)cc1C. The van der Waals surface area contributed by atoms with E-state index in [1.165, 1.54) is 18.2 Å². The Labute approximate surface area is 88.7 Å². The third kappa shape index (κ3) is 3.32. The van der Waals surface area contributed by atoms with Crippen molar-refractivity contribution in [3.8, 4) is 0 Å². The monoisotopic (exact) mass is 210 g/mol. The second-order valence-corrected chi connectivity index (χ2v) is 3.32. The zero-order valence-corrected chi connectivity index (χ0v) is 8.93. The average molecular weight is 210 g/mol. The minimum Gasteiger partial charge on any atom is -0.351 e. The molecule has 0 aliphatic carbocycles. The van der Waals surface area contributed by atoms with E-state index in [1.807, 2.05) is 7.05 Å². The molecule has 0 aromatic heterocycles. The molecule has 2 N–H and O–H groups in total. The standard InChI is InChI=1S/C11H15FN2O/c1-8-7-9(12)3-4-10(8)11(15)14-6-5-13-2/h3-4,7,13H,5-6H2,1-2H3,(H,14,15). The molecule has 0 aliphatic heterocycles. The summed E-state index contributed by atoms with van der Waals surface area (Å²) < 4.78 is 12.8. The first-order valence-electron chi connectivity index (χ1n) is 4.84. The van der Waals surface area contributed by atoms with E-state index in [9.17, 15) is 9.18 Å². The van der Waals surface area contributed by atoms with Crippen molar-refractivity contribution in [1.82, 2.24) is 10.6 Å². The van der Waals surface area contributed by atoms with Gasteiger partial charge < -0.3 is 10.6 Å². The van der Waals surface area contributed by atoms with Crippen molar-refractivity contribution in [3.63, 3.8) is 0 Å². The summed E-state index contributed by atoms with van der Waals surface area (Å²) in [6, 6.07) is 4.15. The van der Waals surface area contributed by atoms with Crippen LogP contribution in [-0.2, 0) is 0 Å². The van der Waals surface area contributed by atoms with Crippen LogP contribution >= 0.6 is 0 Å². The zero-order valence-electron chi connectivity index (χ0n) is 8.93. The summed E-state index contributed by atoms with van der Waals surface area (Å²) in [5.74, 6) is -0.484. The summed E-state index contributed by atoms with van der Waals surface area (Å²) in [5.41, 5.74) is 1.17. The van der Waals surface area contributed by atoms with Crippen LogP contribution in [0.1, 0.15) is 15.9 Å². The Bertz CT molecular complexity index is 352. The number of carbonyl (C=O) groups is 1. The molecule has 4 heteroatoms. The maximum Gasteiger partial charge on any atom is 0.251 e. The second kappa shape index (κ2) is 5.46. The Balaban J connectivity index is 2.65. The number of halogens is 1. The fourth-order valence-electron chi connectivity index (χ4n) is 1.28. The molecule has 1 aromatic carbocycles. The molecular weight excluding hydrogens is 195 g/mol. The molecule has 0 fully saturated rings. The van der Waals surface area contributed by atoms with E-state index in [2.05, 4.69) is 10.6 Å². The van der Waals surface area contributed by atoms with Gasteiger partial charge in [-0.1, -0.05) is 0 Å². The maximum atomic E-state index is 12.8. The molecule has 0 aliphatic rings. The quantitative estimate of drug-likeness (QED) is 0.730. The van der Waals surface area contributed by atoms with Crippen molar-refractivity contribution in [1.29, 1.82) is 0 Å². The lowest BCUT2D eigenvalue weighted by Crippen LogP contribution is -2.30. The largest absolute Gasteiger partial charge is 0.351 e. The van der Waals surface area contributed by atoms with Crippen molar-refractivity contribution in [3.05, 3.63) is 35.1 Å². The van der Waals surface area contributed by atoms with Crippen LogP contribution in [0.2, 0.25) is 0 Å². The second-order valence-electron chi connectivity index (χ2n) is 3.32. The molecule has 0 atom stereocenters. The zero-order chi connectivity index (χ0) is 11.3. The molecule has 3 nitrogen and oxygen atoms in total. The number of hydrogen-bond acceptors (Lipinski definition) is 2. The normalized spacial score (nSPS) is 10.1. The molecule has 1 rings (SSSR count). The van der Waals surface area contributed by atoms with Gasteiger partial charge in [-0.3, -0.25) is 4.79 Å². The van der Waals surface area contributed by atoms with Crippen LogP contribution in [-0.4, -0.2) is 26.0 Å². The van der Waals surface area contributed by atoms with Crippen LogP contribution in [0.15, 0.2) is 18.2 Å². The first kappa shape index (κ1) is 11.7. The van der Waals surface area contributed by atoms with Gasteiger partial charge in [0.2, 0.25) is 0 Å². The minimum atomic E-state index is -0.320. The van der Waals surface area contributed by atoms with Gasteiger partial charge in [0.15, 0.2) is 0 Å². The molecule has 0 unspecified atom stereocenters. The van der Waals surface area contributed by atoms with Gasteiger partial charge in [-0.25, -0.2) is 4.39 Å². The predicted molar refractivity (Wildman–Crippen MR) is 57.4 cm³/mol. The summed E-state index contributed by atoms with van der Waals surface area (Å²) in [7, 11) is 1.81. The van der Waals surface area contributed by atoms with Gasteiger partial charge in [-0.15, -0.1) is 0 Å². The number of amides is 1. The maximum absolute atomic E-state index is 12.8. The highest BCUT2D eigenvalue weighted by Gasteiger charge is 2.08. The predicted octanol–water partition coefficient (Wildman–Crippen LogP) is 1.08. The van der Waals surface area contributed by atoms with Crippen molar-refractivity contribution in [2.24, 2.45) is 0 Å². The van der Waals surface area contributed by atoms with Gasteiger partial charge in [0.25, 0.3) is 5.91 Å². The highest BCUT2D eigenvalue weighted by atomic mass is 19.1. The lowest BCUT2D eigenvalue weighted by atomic mass is 10.1. The topological polar surface area (TPSA) is 41.1 Å². The smallest absolute Gasteiger partial charge is 0.251 e. The van der Waals surface area contributed by atoms with Crippen LogP contribution in [0.4, 0.5) is 4.39 Å². The van der Waals surface area contributed by atoms with E-state index < -0.39 is 0 Å². The Hall–Kier alpha value is -1.42. The van der Waals surface area contributed by atoms with Gasteiger partial charge in [0.1, 0.15) is 5.82 Å². The fraction of sp³-hybridized carbons (Fsp3) is 0.364. The molecule has 82 valence electrons. The average Bonchev–Trinajstić information content (AvgIpc) is 2.17. The minimum absolute atomic E-state index is 0.164. The van der Waals surface area contributed by atoms with Crippen molar-refractivity contribution >= 4 is 5.91 Å². The fourth-order valence-corrected chi connectivity index (χ4v) is 1.28. The third-order valence-electron chi connectivity index (χ3n) is 2.09. The summed E-state index contributed by atoms with van der Waals surface area (Å²) in [6.45, 7) is 2.99. The van der Waals surface area contributed by atoms with Crippen LogP contribution in [0, 0.1) is 12.7 Å². The number of hydrogen-bond donors (Lipinski definition) is 2. The number of carbonyl (C=O) groups excluding carboxylic acids is 1. The molecule has 0 heterocycles. The van der Waals surface area contributed by atoms with Crippen LogP contribution in [0.5, 0.6) is 0 Å². The number of nitrogens with one attached hydrogen (secondary N) is 2. The van der Waals surface area contributed by atoms with Gasteiger partial charge in [-0.05, 0) is 37.7 Å². The van der Waals surface area contributed by atoms with E-state index in [-0.39, 0.29) is 11.7 Å². The number of aryl methyl sites for hydroxylation is 1. The van der Waals surface area contributed by atoms with Crippen molar-refractivity contribution in [2.75, 3.05) is 20.1 Å². The van der Waals surface area contributed by atoms with Crippen molar-refractivity contribution < 1.29 is 9.18 Å². The number of likely N-dealkylation sites (N-methyl/N-ethyl adjacent to an activating group) is 1. The molecule has 1 aromatic rings. The Morgan fingerprint density at radius 2 is 2.13 bits per heavy atom. The first-order chi connectivity index (χ1) is 7.15. The molecule has 0 saturated heterocycles. The Morgan fingerprint density at radius 3 is 2.73 bits per heavy atom. The first-order valence-corrected chi connectivity index (χ1v) is 4.84. The summed E-state index contributed by atoms with van der Waals surface area (Å²) in [6.07, 6.45) is 0. The third-order valence-corrected chi connectivity index (χ3v) is 2.09. The Morgan fingerprint density at radius 1 is 1.40 bits per heavy atom. The van der Waals surface area contributed by atoms with E-state index in [0.29, 0.717) is 24.2 Å². The van der Waals surface area contributed by atoms with Crippen LogP contribution in [0.3, 0.4) is 0 Å². The highest BCUT2D eigenvalue weighted by molar-refractivity contribution is 5.95. The molecule has 0 spiro atoms. The summed E-state index contributed by atoms with van der Waals surface area (Å²) in [5, 5.41) is 5.66. The lowest BCUT2D eigenvalue weighted by Gasteiger charge is -2.07. The molecule has 0 saturated carbocycles. The van der Waals surface area contributed by atoms with E-state index >= 15 is 0 Å². The van der Waals surface area contributed by atoms with Crippen LogP contribution < -0.4 is 10.6 Å². The highest BCUT2D eigenvalue weighted by Crippen LogP contribution is 2.09. The molecular formula is C11H15FN2O. The van der Waals surface area contributed by atoms with Crippen LogP contribution in [0.25, 0.3) is 0 Å². The lowest BCUT2D eigenvalue weighted by molar-refractivity contribution is 0.0953. The van der Waals surface area contributed by atoms with Gasteiger partial charge >= 0.3 is 0 Å². The Kier molecular flexibility index (Phi) is 4.24. The van der Waals surface area contributed by atoms with E-state index in [0.717, 1.165) is 0 Å². The van der Waals surface area contributed by atoms with Gasteiger partial charge in [0.05, 0.1) is 0 Å². The molecule has 0 radical (unpaired) electrons. The molecule has 15 heavy (non-hydrogen) atoms. The number of benzene rings is 1. The molecule has 1 amide bonds. The molecule has 0 bridgehead atoms. The number of rotatable bonds is 4. The van der Waals surface area contributed by atoms with E-state index in [4.69, 9.17) is 0 Å².